The minimum Gasteiger partial charge on any atom is -0.487 e. The van der Waals surface area contributed by atoms with Crippen LogP contribution in [0, 0.1) is 0 Å². The van der Waals surface area contributed by atoms with Crippen LogP contribution in [0.15, 0.2) is 28.6 Å². The van der Waals surface area contributed by atoms with E-state index in [1.165, 1.54) is 18.3 Å². The molecule has 3 aromatic rings. The van der Waals surface area contributed by atoms with Crippen molar-refractivity contribution in [3.05, 3.63) is 45.3 Å². The minimum atomic E-state index is -0.560. The van der Waals surface area contributed by atoms with Crippen molar-refractivity contribution in [1.29, 1.82) is 0 Å². The van der Waals surface area contributed by atoms with Gasteiger partial charge in [0.2, 0.25) is 5.75 Å². The SMILES string of the molecule is CCCCOc1c(C(=O)OCC)c2sccc2n(Cc2cnn(CC(C)=O)c2)c1=O. The zero-order valence-corrected chi connectivity index (χ0v) is 18.2. The number of thiophene rings is 1. The van der Waals surface area contributed by atoms with Gasteiger partial charge in [0, 0.05) is 11.8 Å². The largest absolute Gasteiger partial charge is 0.487 e. The molecule has 30 heavy (non-hydrogen) atoms. The average molecular weight is 432 g/mol. The van der Waals surface area contributed by atoms with E-state index in [2.05, 4.69) is 5.10 Å². The summed E-state index contributed by atoms with van der Waals surface area (Å²) >= 11 is 1.36. The fourth-order valence-corrected chi connectivity index (χ4v) is 4.05. The van der Waals surface area contributed by atoms with E-state index >= 15 is 0 Å². The minimum absolute atomic E-state index is 0.00700. The molecule has 0 unspecified atom stereocenters. The van der Waals surface area contributed by atoms with E-state index in [1.54, 1.807) is 34.6 Å². The van der Waals surface area contributed by atoms with E-state index in [0.29, 0.717) is 16.8 Å². The summed E-state index contributed by atoms with van der Waals surface area (Å²) in [5, 5.41) is 6.01. The number of hydrogen-bond acceptors (Lipinski definition) is 7. The van der Waals surface area contributed by atoms with Gasteiger partial charge < -0.3 is 9.47 Å². The summed E-state index contributed by atoms with van der Waals surface area (Å²) < 4.78 is 14.8. The molecule has 3 heterocycles. The summed E-state index contributed by atoms with van der Waals surface area (Å²) in [5.41, 5.74) is 1.20. The summed E-state index contributed by atoms with van der Waals surface area (Å²) in [4.78, 5) is 37.3. The quantitative estimate of drug-likeness (QED) is 0.361. The Hall–Kier alpha value is -2.94. The predicted molar refractivity (Wildman–Crippen MR) is 114 cm³/mol. The number of ketones is 1. The number of aromatic nitrogens is 3. The Morgan fingerprint density at radius 2 is 2.07 bits per heavy atom. The van der Waals surface area contributed by atoms with Crippen molar-refractivity contribution in [1.82, 2.24) is 14.3 Å². The summed E-state index contributed by atoms with van der Waals surface area (Å²) in [7, 11) is 0. The molecule has 0 aromatic carbocycles. The number of fused-ring (bicyclic) bond motifs is 1. The van der Waals surface area contributed by atoms with E-state index in [-0.39, 0.29) is 42.4 Å². The average Bonchev–Trinajstić information content (AvgIpc) is 3.34. The lowest BCUT2D eigenvalue weighted by Gasteiger charge is -2.15. The fourth-order valence-electron chi connectivity index (χ4n) is 3.13. The molecule has 0 amide bonds. The van der Waals surface area contributed by atoms with Crippen LogP contribution in [0.4, 0.5) is 0 Å². The molecule has 160 valence electrons. The van der Waals surface area contributed by atoms with Gasteiger partial charge in [0.1, 0.15) is 5.56 Å². The number of unbranched alkanes of at least 4 members (excludes halogenated alkanes) is 1. The van der Waals surface area contributed by atoms with Crippen molar-refractivity contribution in [2.45, 2.75) is 46.7 Å². The van der Waals surface area contributed by atoms with Crippen LogP contribution >= 0.6 is 11.3 Å². The van der Waals surface area contributed by atoms with Crippen LogP contribution in [-0.4, -0.2) is 39.3 Å². The summed E-state index contributed by atoms with van der Waals surface area (Å²) in [6.45, 7) is 6.21. The highest BCUT2D eigenvalue weighted by Gasteiger charge is 2.25. The molecule has 0 fully saturated rings. The van der Waals surface area contributed by atoms with Crippen molar-refractivity contribution < 1.29 is 19.1 Å². The Labute approximate surface area is 178 Å². The van der Waals surface area contributed by atoms with Gasteiger partial charge in [-0.25, -0.2) is 4.79 Å². The molecule has 0 saturated heterocycles. The third-order valence-electron chi connectivity index (χ3n) is 4.46. The number of esters is 1. The summed E-state index contributed by atoms with van der Waals surface area (Å²) in [6.07, 6.45) is 5.04. The van der Waals surface area contributed by atoms with Gasteiger partial charge >= 0.3 is 5.97 Å². The number of carbonyl (C=O) groups excluding carboxylic acids is 2. The number of hydrogen-bond donors (Lipinski definition) is 0. The van der Waals surface area contributed by atoms with Crippen LogP contribution in [0.3, 0.4) is 0 Å². The Balaban J connectivity index is 2.09. The number of rotatable bonds is 10. The lowest BCUT2D eigenvalue weighted by molar-refractivity contribution is -0.117. The van der Waals surface area contributed by atoms with E-state index in [9.17, 15) is 14.4 Å². The molecule has 0 spiro atoms. The first-order chi connectivity index (χ1) is 14.5. The van der Waals surface area contributed by atoms with Crippen molar-refractivity contribution in [3.63, 3.8) is 0 Å². The molecule has 0 aliphatic rings. The Kier molecular flexibility index (Phi) is 7.04. The number of ether oxygens (including phenoxy) is 2. The van der Waals surface area contributed by atoms with Crippen LogP contribution in [0.5, 0.6) is 5.75 Å². The molecule has 3 aromatic heterocycles. The molecule has 0 atom stereocenters. The van der Waals surface area contributed by atoms with Gasteiger partial charge in [0.05, 0.1) is 42.7 Å². The third kappa shape index (κ3) is 4.62. The van der Waals surface area contributed by atoms with Crippen molar-refractivity contribution in [2.75, 3.05) is 13.2 Å². The summed E-state index contributed by atoms with van der Waals surface area (Å²) in [5.74, 6) is -0.546. The molecular formula is C21H25N3O5S. The number of carbonyl (C=O) groups is 2. The number of nitrogens with zero attached hydrogens (tertiary/aromatic N) is 3. The van der Waals surface area contributed by atoms with Crippen LogP contribution in [0.25, 0.3) is 10.2 Å². The van der Waals surface area contributed by atoms with Crippen molar-refractivity contribution in [3.8, 4) is 5.75 Å². The normalized spacial score (nSPS) is 11.0. The molecule has 0 aliphatic carbocycles. The predicted octanol–water partition coefficient (Wildman–Crippen LogP) is 3.25. The zero-order valence-electron chi connectivity index (χ0n) is 17.3. The maximum absolute atomic E-state index is 13.3. The summed E-state index contributed by atoms with van der Waals surface area (Å²) in [6, 6.07) is 1.81. The Morgan fingerprint density at radius 3 is 2.77 bits per heavy atom. The molecule has 3 rings (SSSR count). The molecule has 9 heteroatoms. The second-order valence-electron chi connectivity index (χ2n) is 6.90. The van der Waals surface area contributed by atoms with E-state index in [0.717, 1.165) is 18.4 Å². The highest BCUT2D eigenvalue weighted by molar-refractivity contribution is 7.17. The molecule has 0 radical (unpaired) electrons. The second-order valence-corrected chi connectivity index (χ2v) is 7.82. The van der Waals surface area contributed by atoms with Gasteiger partial charge in [-0.05, 0) is 31.7 Å². The van der Waals surface area contributed by atoms with Crippen LogP contribution in [0.2, 0.25) is 0 Å². The highest BCUT2D eigenvalue weighted by Crippen LogP contribution is 2.30. The van der Waals surface area contributed by atoms with Crippen molar-refractivity contribution in [2.24, 2.45) is 0 Å². The van der Waals surface area contributed by atoms with E-state index in [1.807, 2.05) is 12.3 Å². The van der Waals surface area contributed by atoms with Gasteiger partial charge in [0.25, 0.3) is 5.56 Å². The first-order valence-electron chi connectivity index (χ1n) is 9.90. The van der Waals surface area contributed by atoms with Crippen LogP contribution < -0.4 is 10.3 Å². The molecular weight excluding hydrogens is 406 g/mol. The highest BCUT2D eigenvalue weighted by atomic mass is 32.1. The van der Waals surface area contributed by atoms with E-state index in [4.69, 9.17) is 9.47 Å². The van der Waals surface area contributed by atoms with Gasteiger partial charge in [-0.3, -0.25) is 18.8 Å². The number of pyridine rings is 1. The molecule has 0 aliphatic heterocycles. The Bertz CT molecular complexity index is 1110. The van der Waals surface area contributed by atoms with Crippen LogP contribution in [-0.2, 0) is 22.6 Å². The van der Waals surface area contributed by atoms with Gasteiger partial charge in [-0.1, -0.05) is 13.3 Å². The topological polar surface area (TPSA) is 92.4 Å². The smallest absolute Gasteiger partial charge is 0.343 e. The lowest BCUT2D eigenvalue weighted by atomic mass is 10.2. The van der Waals surface area contributed by atoms with Crippen LogP contribution in [0.1, 0.15) is 49.5 Å². The molecule has 0 bridgehead atoms. The molecule has 8 nitrogen and oxygen atoms in total. The maximum Gasteiger partial charge on any atom is 0.343 e. The van der Waals surface area contributed by atoms with Gasteiger partial charge in [0.15, 0.2) is 5.78 Å². The molecule has 0 saturated carbocycles. The van der Waals surface area contributed by atoms with Gasteiger partial charge in [-0.15, -0.1) is 11.3 Å². The van der Waals surface area contributed by atoms with Crippen molar-refractivity contribution >= 4 is 33.3 Å². The Morgan fingerprint density at radius 1 is 1.27 bits per heavy atom. The third-order valence-corrected chi connectivity index (χ3v) is 5.39. The lowest BCUT2D eigenvalue weighted by Crippen LogP contribution is -2.26. The second kappa shape index (κ2) is 9.71. The first kappa shape index (κ1) is 21.8. The number of Topliss-reactive ketones (excluding diaryl/α,β-unsaturated/α-hetero) is 1. The first-order valence-corrected chi connectivity index (χ1v) is 10.8. The molecule has 0 N–H and O–H groups in total. The van der Waals surface area contributed by atoms with E-state index < -0.39 is 5.97 Å². The fraction of sp³-hybridized carbons (Fsp3) is 0.429. The standard InChI is InChI=1S/C21H25N3O5S/c1-4-6-8-29-18-17(21(27)28-5-2)19-16(7-9-30-19)24(20(18)26)13-15-10-22-23(12-15)11-14(3)25/h7,9-10,12H,4-6,8,11,13H2,1-3H3. The monoisotopic (exact) mass is 431 g/mol. The zero-order chi connectivity index (χ0) is 21.7. The van der Waals surface area contributed by atoms with Gasteiger partial charge in [-0.2, -0.15) is 5.10 Å². The maximum atomic E-state index is 13.3.